The molecule has 1 atom stereocenters. The van der Waals surface area contributed by atoms with Crippen molar-refractivity contribution in [2.45, 2.75) is 31.2 Å². The third kappa shape index (κ3) is 5.66. The molecular weight excluding hydrogens is 578 g/mol. The maximum absolute atomic E-state index is 14.6. The smallest absolute Gasteiger partial charge is 0.275 e. The summed E-state index contributed by atoms with van der Waals surface area (Å²) in [6, 6.07) is 14.3. The monoisotopic (exact) mass is 606 g/mol. The molecule has 0 aliphatic carbocycles. The van der Waals surface area contributed by atoms with Crippen molar-refractivity contribution in [3.8, 4) is 22.6 Å². The average molecular weight is 607 g/mol. The van der Waals surface area contributed by atoms with E-state index in [1.165, 1.54) is 54.3 Å². The van der Waals surface area contributed by atoms with E-state index in [0.717, 1.165) is 21.7 Å². The number of nitrogens with zero attached hydrogens (tertiary/aromatic N) is 2. The Morgan fingerprint density at radius 3 is 2.37 bits per heavy atom. The van der Waals surface area contributed by atoms with Crippen molar-refractivity contribution in [2.75, 3.05) is 5.32 Å². The molecule has 2 heterocycles. The lowest BCUT2D eigenvalue weighted by Crippen LogP contribution is -2.34. The summed E-state index contributed by atoms with van der Waals surface area (Å²) in [5, 5.41) is 2.99. The molecule has 0 unspecified atom stereocenters. The molecule has 0 fully saturated rings. The van der Waals surface area contributed by atoms with E-state index >= 15 is 0 Å². The van der Waals surface area contributed by atoms with Crippen molar-refractivity contribution in [3.05, 3.63) is 107 Å². The van der Waals surface area contributed by atoms with Crippen molar-refractivity contribution in [1.82, 2.24) is 8.54 Å². The van der Waals surface area contributed by atoms with Crippen LogP contribution in [0.15, 0.2) is 88.8 Å². The lowest BCUT2D eigenvalue weighted by Gasteiger charge is -2.17. The molecular formula is C31H28F2N4O5S. The molecule has 222 valence electrons. The molecule has 0 radical (unpaired) electrons. The highest BCUT2D eigenvalue weighted by molar-refractivity contribution is 7.90. The second kappa shape index (κ2) is 11.5. The van der Waals surface area contributed by atoms with E-state index in [1.54, 1.807) is 25.1 Å². The number of halogens is 2. The Kier molecular flexibility index (Phi) is 7.91. The zero-order valence-electron chi connectivity index (χ0n) is 23.5. The van der Waals surface area contributed by atoms with Gasteiger partial charge in [-0.2, -0.15) is 0 Å². The van der Waals surface area contributed by atoms with Crippen LogP contribution in [-0.2, 0) is 21.9 Å². The van der Waals surface area contributed by atoms with E-state index in [9.17, 15) is 26.8 Å². The fourth-order valence-corrected chi connectivity index (χ4v) is 5.92. The Labute approximate surface area is 246 Å². The number of fused-ring (bicyclic) bond motifs is 1. The summed E-state index contributed by atoms with van der Waals surface area (Å²) in [4.78, 5) is 25.9. The van der Waals surface area contributed by atoms with Gasteiger partial charge in [0.2, 0.25) is 5.91 Å². The fourth-order valence-electron chi connectivity index (χ4n) is 4.57. The van der Waals surface area contributed by atoms with Crippen LogP contribution in [0.5, 0.6) is 11.5 Å². The Hall–Kier alpha value is -4.81. The van der Waals surface area contributed by atoms with Gasteiger partial charge in [0.25, 0.3) is 15.6 Å². The van der Waals surface area contributed by atoms with Crippen LogP contribution >= 0.6 is 0 Å². The summed E-state index contributed by atoms with van der Waals surface area (Å²) in [6.07, 6.45) is 3.17. The lowest BCUT2D eigenvalue weighted by atomic mass is 10.0. The van der Waals surface area contributed by atoms with E-state index in [0.29, 0.717) is 23.7 Å². The number of hydrogen-bond donors (Lipinski definition) is 2. The predicted molar refractivity (Wildman–Crippen MR) is 160 cm³/mol. The van der Waals surface area contributed by atoms with Crippen molar-refractivity contribution in [1.29, 1.82) is 0 Å². The topological polar surface area (TPSA) is 125 Å². The van der Waals surface area contributed by atoms with Crippen molar-refractivity contribution >= 4 is 32.5 Å². The van der Waals surface area contributed by atoms with E-state index in [-0.39, 0.29) is 32.9 Å². The van der Waals surface area contributed by atoms with E-state index < -0.39 is 39.2 Å². The normalized spacial score (nSPS) is 12.3. The van der Waals surface area contributed by atoms with E-state index in [2.05, 4.69) is 5.32 Å². The first kappa shape index (κ1) is 29.7. The molecule has 0 aliphatic heterocycles. The first-order valence-corrected chi connectivity index (χ1v) is 14.7. The molecule has 5 rings (SSSR count). The van der Waals surface area contributed by atoms with Gasteiger partial charge in [-0.3, -0.25) is 9.59 Å². The van der Waals surface area contributed by atoms with Crippen LogP contribution < -0.4 is 21.3 Å². The van der Waals surface area contributed by atoms with Gasteiger partial charge < -0.3 is 20.4 Å². The summed E-state index contributed by atoms with van der Waals surface area (Å²) >= 11 is 0. The number of nitrogens with two attached hydrogens (primary N) is 1. The minimum Gasteiger partial charge on any atom is -0.454 e. The molecule has 3 N–H and O–H groups in total. The number of anilines is 1. The Morgan fingerprint density at radius 1 is 1.00 bits per heavy atom. The Morgan fingerprint density at radius 2 is 1.70 bits per heavy atom. The quantitative estimate of drug-likeness (QED) is 0.247. The number of nitrogens with one attached hydrogen (secondary N) is 1. The number of benzene rings is 3. The highest BCUT2D eigenvalue weighted by atomic mass is 32.2. The zero-order valence-corrected chi connectivity index (χ0v) is 24.3. The molecule has 0 saturated heterocycles. The molecule has 0 aliphatic rings. The van der Waals surface area contributed by atoms with Crippen molar-refractivity contribution in [3.63, 3.8) is 0 Å². The number of pyridine rings is 1. The first-order valence-electron chi connectivity index (χ1n) is 13.3. The van der Waals surface area contributed by atoms with Crippen LogP contribution in [0.25, 0.3) is 22.0 Å². The molecule has 3 aromatic carbocycles. The summed E-state index contributed by atoms with van der Waals surface area (Å²) < 4.78 is 63.4. The lowest BCUT2D eigenvalue weighted by molar-refractivity contribution is -0.117. The van der Waals surface area contributed by atoms with Crippen LogP contribution in [0.3, 0.4) is 0 Å². The highest BCUT2D eigenvalue weighted by Gasteiger charge is 2.24. The molecule has 0 saturated carbocycles. The number of carbonyl (C=O) groups is 1. The predicted octanol–water partition coefficient (Wildman–Crippen LogP) is 5.30. The number of aryl methyl sites for hydroxylation is 2. The minimum atomic E-state index is -4.17. The van der Waals surface area contributed by atoms with Gasteiger partial charge in [0.15, 0.2) is 11.6 Å². The number of amides is 1. The minimum absolute atomic E-state index is 0.00386. The van der Waals surface area contributed by atoms with Gasteiger partial charge >= 0.3 is 0 Å². The second-order valence-corrected chi connectivity index (χ2v) is 11.9. The third-order valence-corrected chi connectivity index (χ3v) is 8.68. The van der Waals surface area contributed by atoms with Crippen LogP contribution in [0.1, 0.15) is 18.9 Å². The summed E-state index contributed by atoms with van der Waals surface area (Å²) in [5.74, 6) is -2.34. The zero-order chi connectivity index (χ0) is 31.1. The molecule has 43 heavy (non-hydrogen) atoms. The Bertz CT molecular complexity index is 2040. The third-order valence-electron chi connectivity index (χ3n) is 6.99. The van der Waals surface area contributed by atoms with Gasteiger partial charge in [-0.25, -0.2) is 21.2 Å². The number of hydrogen-bond acceptors (Lipinski definition) is 6. The number of carbonyl (C=O) groups excluding carboxylic acids is 1. The summed E-state index contributed by atoms with van der Waals surface area (Å²) in [7, 11) is -2.70. The van der Waals surface area contributed by atoms with Gasteiger partial charge in [-0.1, -0.05) is 24.6 Å². The molecule has 0 bridgehead atoms. The van der Waals surface area contributed by atoms with Gasteiger partial charge in [-0.15, -0.1) is 0 Å². The molecule has 12 heteroatoms. The second-order valence-electron chi connectivity index (χ2n) is 10.0. The molecule has 9 nitrogen and oxygen atoms in total. The molecule has 1 amide bonds. The first-order chi connectivity index (χ1) is 20.4. The van der Waals surface area contributed by atoms with Crippen LogP contribution in [0.4, 0.5) is 14.5 Å². The fraction of sp³-hybridized carbons (Fsp3) is 0.161. The van der Waals surface area contributed by atoms with Gasteiger partial charge in [-0.05, 0) is 61.9 Å². The molecule has 2 aromatic heterocycles. The largest absolute Gasteiger partial charge is 0.454 e. The highest BCUT2D eigenvalue weighted by Crippen LogP contribution is 2.39. The number of aromatic nitrogens is 2. The standard InChI is InChI=1S/C31H28F2N4O5S/c1-4-26(34)30(38)35-20-8-12-27(42-28-11-7-19(32)15-25(28)33)23(16-20)24-17-36(3)31(39)29-22(24)13-14-37(29)43(40,41)21-9-5-18(2)6-10-21/h5-17,26H,4,34H2,1-3H3,(H,35,38)/t26-/m0/s1. The van der Waals surface area contributed by atoms with E-state index in [4.69, 9.17) is 10.5 Å². The van der Waals surface area contributed by atoms with Crippen molar-refractivity contribution < 1.29 is 26.7 Å². The molecule has 5 aromatic rings. The van der Waals surface area contributed by atoms with Crippen LogP contribution in [-0.4, -0.2) is 28.9 Å². The summed E-state index contributed by atoms with van der Waals surface area (Å²) in [5.41, 5.74) is 7.01. The molecule has 0 spiro atoms. The maximum Gasteiger partial charge on any atom is 0.275 e. The van der Waals surface area contributed by atoms with Crippen LogP contribution in [0, 0.1) is 18.6 Å². The average Bonchev–Trinajstić information content (AvgIpc) is 3.43. The van der Waals surface area contributed by atoms with Gasteiger partial charge in [0.1, 0.15) is 17.1 Å². The van der Waals surface area contributed by atoms with Crippen LogP contribution in [0.2, 0.25) is 0 Å². The van der Waals surface area contributed by atoms with Gasteiger partial charge in [0.05, 0.1) is 10.9 Å². The SMILES string of the molecule is CC[C@H](N)C(=O)Nc1ccc(Oc2ccc(F)cc2F)c(-c2cn(C)c(=O)c3c2ccn3S(=O)(=O)c2ccc(C)cc2)c1. The van der Waals surface area contributed by atoms with Crippen molar-refractivity contribution in [2.24, 2.45) is 12.8 Å². The van der Waals surface area contributed by atoms with E-state index in [1.807, 2.05) is 6.92 Å². The number of ether oxygens (including phenoxy) is 1. The maximum atomic E-state index is 14.6. The number of rotatable bonds is 8. The van der Waals surface area contributed by atoms with Gasteiger partial charge in [0, 0.05) is 47.7 Å². The Balaban J connectivity index is 1.73. The summed E-state index contributed by atoms with van der Waals surface area (Å²) in [6.45, 7) is 3.59.